The van der Waals surface area contributed by atoms with E-state index < -0.39 is 16.1 Å². The van der Waals surface area contributed by atoms with Crippen molar-refractivity contribution in [2.24, 2.45) is 5.73 Å². The molecular weight excluding hydrogens is 488 g/mol. The number of fused-ring (bicyclic) bond motifs is 1. The van der Waals surface area contributed by atoms with E-state index >= 15 is 0 Å². The van der Waals surface area contributed by atoms with Gasteiger partial charge in [-0.3, -0.25) is 4.79 Å². The number of anilines is 2. The van der Waals surface area contributed by atoms with Crippen molar-refractivity contribution >= 4 is 38.2 Å². The Kier molecular flexibility index (Phi) is 7.01. The normalized spacial score (nSPS) is 19.9. The molecule has 10 heteroatoms. The highest BCUT2D eigenvalue weighted by Crippen LogP contribution is 2.30. The number of amides is 1. The summed E-state index contributed by atoms with van der Waals surface area (Å²) in [6.45, 7) is 10.3. The molecule has 0 radical (unpaired) electrons. The third-order valence-corrected chi connectivity index (χ3v) is 9.45. The summed E-state index contributed by atoms with van der Waals surface area (Å²) < 4.78 is 29.7. The Bertz CT molecular complexity index is 1430. The van der Waals surface area contributed by atoms with Crippen molar-refractivity contribution in [3.63, 3.8) is 0 Å². The molecule has 0 aliphatic carbocycles. The van der Waals surface area contributed by atoms with Crippen LogP contribution in [0.5, 0.6) is 0 Å². The van der Waals surface area contributed by atoms with Crippen LogP contribution in [0.25, 0.3) is 10.9 Å². The topological polar surface area (TPSA) is 113 Å². The highest BCUT2D eigenvalue weighted by molar-refractivity contribution is 7.89. The highest BCUT2D eigenvalue weighted by atomic mass is 32.2. The lowest BCUT2D eigenvalue weighted by Gasteiger charge is -2.30. The first kappa shape index (κ1) is 25.7. The smallest absolute Gasteiger partial charge is 0.247 e. The molecule has 2 fully saturated rings. The van der Waals surface area contributed by atoms with E-state index in [-0.39, 0.29) is 16.8 Å². The number of rotatable bonds is 6. The lowest BCUT2D eigenvalue weighted by atomic mass is 10.1. The summed E-state index contributed by atoms with van der Waals surface area (Å²) in [5.41, 5.74) is 10.6. The average molecular weight is 525 g/mol. The van der Waals surface area contributed by atoms with Gasteiger partial charge >= 0.3 is 0 Å². The van der Waals surface area contributed by atoms with Crippen molar-refractivity contribution in [3.05, 3.63) is 53.7 Å². The number of hydrogen-bond acceptors (Lipinski definition) is 6. The summed E-state index contributed by atoms with van der Waals surface area (Å²) in [6, 6.07) is 10.7. The molecule has 1 unspecified atom stereocenters. The number of aryl methyl sites for hydroxylation is 2. The van der Waals surface area contributed by atoms with Crippen LogP contribution < -0.4 is 21.3 Å². The van der Waals surface area contributed by atoms with Gasteiger partial charge in [0, 0.05) is 73.8 Å². The monoisotopic (exact) mass is 524 g/mol. The largest absolute Gasteiger partial charge is 0.369 e. The van der Waals surface area contributed by atoms with Crippen LogP contribution in [0.15, 0.2) is 47.5 Å². The first-order valence-electron chi connectivity index (χ1n) is 12.9. The Labute approximate surface area is 218 Å². The van der Waals surface area contributed by atoms with Crippen LogP contribution >= 0.6 is 0 Å². The number of hydrogen-bond donors (Lipinski definition) is 3. The lowest BCUT2D eigenvalue weighted by molar-refractivity contribution is -0.118. The van der Waals surface area contributed by atoms with Gasteiger partial charge in [0.25, 0.3) is 0 Å². The molecule has 1 amide bonds. The number of nitrogens with zero attached hydrogens (tertiary/aromatic N) is 3. The van der Waals surface area contributed by atoms with Crippen LogP contribution in [0.1, 0.15) is 30.5 Å². The second kappa shape index (κ2) is 10.1. The molecule has 2 aliphatic rings. The summed E-state index contributed by atoms with van der Waals surface area (Å²) in [5, 5.41) is 7.31. The molecule has 4 N–H and O–H groups in total. The minimum Gasteiger partial charge on any atom is -0.369 e. The summed E-state index contributed by atoms with van der Waals surface area (Å²) in [6.07, 6.45) is 2.59. The Morgan fingerprint density at radius 1 is 1.08 bits per heavy atom. The molecular formula is C27H36N6O3S. The number of carbonyl (C=O) groups is 1. The van der Waals surface area contributed by atoms with E-state index in [0.29, 0.717) is 19.5 Å². The van der Waals surface area contributed by atoms with E-state index in [4.69, 9.17) is 5.73 Å². The van der Waals surface area contributed by atoms with Gasteiger partial charge in [0.2, 0.25) is 15.9 Å². The van der Waals surface area contributed by atoms with Crippen molar-refractivity contribution in [2.45, 2.75) is 44.2 Å². The fraction of sp³-hybridized carbons (Fsp3) is 0.444. The maximum Gasteiger partial charge on any atom is 0.247 e. The quantitative estimate of drug-likeness (QED) is 0.457. The molecule has 3 aromatic rings. The zero-order valence-electron chi connectivity index (χ0n) is 21.7. The fourth-order valence-corrected chi connectivity index (χ4v) is 6.77. The van der Waals surface area contributed by atoms with E-state index in [9.17, 15) is 13.2 Å². The van der Waals surface area contributed by atoms with Gasteiger partial charge < -0.3 is 25.8 Å². The highest BCUT2D eigenvalue weighted by Gasteiger charge is 2.31. The second-order valence-corrected chi connectivity index (χ2v) is 12.1. The number of nitrogens with one attached hydrogen (secondary N) is 2. The summed E-state index contributed by atoms with van der Waals surface area (Å²) >= 11 is 0. The number of benzene rings is 2. The predicted octanol–water partition coefficient (Wildman–Crippen LogP) is 2.59. The minimum absolute atomic E-state index is 0.123. The van der Waals surface area contributed by atoms with E-state index in [2.05, 4.69) is 21.6 Å². The molecule has 2 atom stereocenters. The average Bonchev–Trinajstić information content (AvgIpc) is 3.48. The summed E-state index contributed by atoms with van der Waals surface area (Å²) in [5.74, 6) is -0.125. The fourth-order valence-electron chi connectivity index (χ4n) is 5.23. The van der Waals surface area contributed by atoms with Gasteiger partial charge in [-0.2, -0.15) is 4.31 Å². The van der Waals surface area contributed by atoms with Gasteiger partial charge in [-0.25, -0.2) is 8.42 Å². The van der Waals surface area contributed by atoms with E-state index in [1.165, 1.54) is 4.31 Å². The van der Waals surface area contributed by atoms with Gasteiger partial charge in [-0.1, -0.05) is 6.07 Å². The predicted molar refractivity (Wildman–Crippen MR) is 148 cm³/mol. The van der Waals surface area contributed by atoms with E-state index in [1.807, 2.05) is 43.7 Å². The van der Waals surface area contributed by atoms with E-state index in [0.717, 1.165) is 59.6 Å². The molecule has 1 aromatic heterocycles. The molecule has 2 saturated heterocycles. The zero-order valence-corrected chi connectivity index (χ0v) is 22.5. The van der Waals surface area contributed by atoms with Crippen molar-refractivity contribution < 1.29 is 13.2 Å². The van der Waals surface area contributed by atoms with Gasteiger partial charge in [-0.05, 0) is 68.7 Å². The SMILES string of the molecule is Cc1ccc(N2CCNCC2)cc1NC(=O)C(C)n1cc(C)c2cc(S(=O)(=O)N3CC[C@@H](N)C3)ccc21. The molecule has 0 spiro atoms. The van der Waals surface area contributed by atoms with Gasteiger partial charge in [0.05, 0.1) is 4.90 Å². The van der Waals surface area contributed by atoms with Gasteiger partial charge in [-0.15, -0.1) is 0 Å². The molecule has 9 nitrogen and oxygen atoms in total. The standard InChI is InChI=1S/C27H36N6O3S/c1-18-4-5-22(31-12-9-29-10-13-31)14-25(18)30-27(34)20(3)33-16-19(2)24-15-23(6-7-26(24)33)37(35,36)32-11-8-21(28)17-32/h4-7,14-16,20-21,29H,8-13,17,28H2,1-3H3,(H,30,34)/t20?,21-/m1/s1. The molecule has 37 heavy (non-hydrogen) atoms. The first-order valence-corrected chi connectivity index (χ1v) is 14.3. The van der Waals surface area contributed by atoms with Crippen LogP contribution in [0.2, 0.25) is 0 Å². The van der Waals surface area contributed by atoms with Crippen molar-refractivity contribution in [1.82, 2.24) is 14.2 Å². The third kappa shape index (κ3) is 4.98. The lowest BCUT2D eigenvalue weighted by Crippen LogP contribution is -2.43. The zero-order chi connectivity index (χ0) is 26.3. The maximum atomic E-state index is 13.4. The van der Waals surface area contributed by atoms with Gasteiger partial charge in [0.15, 0.2) is 0 Å². The number of nitrogens with two attached hydrogens (primary N) is 1. The number of carbonyl (C=O) groups excluding carboxylic acids is 1. The number of piperazine rings is 1. The molecule has 3 heterocycles. The third-order valence-electron chi connectivity index (χ3n) is 7.59. The molecule has 2 aromatic carbocycles. The van der Waals surface area contributed by atoms with E-state index in [1.54, 1.807) is 18.2 Å². The molecule has 2 aliphatic heterocycles. The minimum atomic E-state index is -3.61. The Morgan fingerprint density at radius 3 is 2.54 bits per heavy atom. The van der Waals surface area contributed by atoms with Crippen LogP contribution in [0, 0.1) is 13.8 Å². The number of aromatic nitrogens is 1. The van der Waals surface area contributed by atoms with Crippen molar-refractivity contribution in [1.29, 1.82) is 0 Å². The Balaban J connectivity index is 1.38. The van der Waals surface area contributed by atoms with Gasteiger partial charge in [0.1, 0.15) is 6.04 Å². The second-order valence-electron chi connectivity index (χ2n) is 10.2. The van der Waals surface area contributed by atoms with Crippen LogP contribution in [0.3, 0.4) is 0 Å². The Morgan fingerprint density at radius 2 is 1.84 bits per heavy atom. The molecule has 198 valence electrons. The molecule has 5 rings (SSSR count). The van der Waals surface area contributed by atoms with Crippen molar-refractivity contribution in [3.8, 4) is 0 Å². The summed E-state index contributed by atoms with van der Waals surface area (Å²) in [7, 11) is -3.61. The van der Waals surface area contributed by atoms with Crippen LogP contribution in [-0.2, 0) is 14.8 Å². The molecule has 0 saturated carbocycles. The first-order chi connectivity index (χ1) is 17.6. The van der Waals surface area contributed by atoms with Crippen LogP contribution in [-0.4, -0.2) is 68.5 Å². The van der Waals surface area contributed by atoms with Crippen molar-refractivity contribution in [2.75, 3.05) is 49.5 Å². The summed E-state index contributed by atoms with van der Waals surface area (Å²) in [4.78, 5) is 15.9. The number of sulfonamides is 1. The Hall–Kier alpha value is -2.92. The van der Waals surface area contributed by atoms with Crippen LogP contribution in [0.4, 0.5) is 11.4 Å². The maximum absolute atomic E-state index is 13.4. The molecule has 0 bridgehead atoms.